The van der Waals surface area contributed by atoms with Crippen LogP contribution in [0.1, 0.15) is 5.56 Å². The molecule has 0 heterocycles. The summed E-state index contributed by atoms with van der Waals surface area (Å²) in [6.45, 7) is 0.317. The number of amides is 1. The Balaban J connectivity index is 2.96. The third kappa shape index (κ3) is 3.27. The first-order valence-corrected chi connectivity index (χ1v) is 5.41. The smallest absolute Gasteiger partial charge is 0.234 e. The Morgan fingerprint density at radius 2 is 1.72 bits per heavy atom. The monoisotopic (exact) mass is 254 g/mol. The van der Waals surface area contributed by atoms with Gasteiger partial charge in [-0.1, -0.05) is 0 Å². The first-order valence-electron chi connectivity index (χ1n) is 5.41. The number of ether oxygens (including phenoxy) is 3. The topological polar surface area (TPSA) is 82.8 Å². The van der Waals surface area contributed by atoms with Gasteiger partial charge < -0.3 is 25.3 Å². The molecule has 0 aliphatic carbocycles. The molecule has 0 aromatic heterocycles. The molecule has 18 heavy (non-hydrogen) atoms. The molecule has 0 unspecified atom stereocenters. The first-order chi connectivity index (χ1) is 8.65. The van der Waals surface area contributed by atoms with E-state index in [9.17, 15) is 4.79 Å². The lowest BCUT2D eigenvalue weighted by Crippen LogP contribution is -2.29. The Morgan fingerprint density at radius 3 is 2.11 bits per heavy atom. The molecule has 1 amide bonds. The summed E-state index contributed by atoms with van der Waals surface area (Å²) in [4.78, 5) is 11.1. The zero-order valence-corrected chi connectivity index (χ0v) is 10.8. The van der Waals surface area contributed by atoms with Gasteiger partial charge in [0.2, 0.25) is 11.7 Å². The standard InChI is InChI=1S/C12H18N2O4/c1-16-9-4-8(7-14-11(15)6-13)5-10(17-2)12(9)18-3/h4-5H,6-7,13H2,1-3H3,(H,14,15). The van der Waals surface area contributed by atoms with Crippen LogP contribution in [0.4, 0.5) is 0 Å². The summed E-state index contributed by atoms with van der Waals surface area (Å²) in [5.41, 5.74) is 6.05. The molecule has 100 valence electrons. The fraction of sp³-hybridized carbons (Fsp3) is 0.417. The molecule has 1 aromatic carbocycles. The van der Waals surface area contributed by atoms with Crippen molar-refractivity contribution in [1.82, 2.24) is 5.32 Å². The average Bonchev–Trinajstić information content (AvgIpc) is 2.43. The number of hydrogen-bond donors (Lipinski definition) is 2. The van der Waals surface area contributed by atoms with Crippen LogP contribution in [-0.4, -0.2) is 33.8 Å². The van der Waals surface area contributed by atoms with Crippen LogP contribution >= 0.6 is 0 Å². The van der Waals surface area contributed by atoms with Crippen molar-refractivity contribution in [3.8, 4) is 17.2 Å². The molecular weight excluding hydrogens is 236 g/mol. The van der Waals surface area contributed by atoms with Crippen molar-refractivity contribution in [2.24, 2.45) is 5.73 Å². The van der Waals surface area contributed by atoms with Gasteiger partial charge in [0.1, 0.15) is 0 Å². The van der Waals surface area contributed by atoms with E-state index in [1.54, 1.807) is 26.4 Å². The van der Waals surface area contributed by atoms with Crippen molar-refractivity contribution >= 4 is 5.91 Å². The molecule has 0 fully saturated rings. The highest BCUT2D eigenvalue weighted by Crippen LogP contribution is 2.38. The fourth-order valence-electron chi connectivity index (χ4n) is 1.51. The number of nitrogens with two attached hydrogens (primary N) is 1. The van der Waals surface area contributed by atoms with E-state index < -0.39 is 0 Å². The number of rotatable bonds is 6. The summed E-state index contributed by atoms with van der Waals surface area (Å²) in [5.74, 6) is 1.40. The van der Waals surface area contributed by atoms with Gasteiger partial charge in [0.15, 0.2) is 11.5 Å². The maximum Gasteiger partial charge on any atom is 0.234 e. The van der Waals surface area contributed by atoms with Crippen LogP contribution in [0.25, 0.3) is 0 Å². The lowest BCUT2D eigenvalue weighted by Gasteiger charge is -2.14. The molecular formula is C12H18N2O4. The maximum atomic E-state index is 11.1. The number of carbonyl (C=O) groups excluding carboxylic acids is 1. The molecule has 3 N–H and O–H groups in total. The van der Waals surface area contributed by atoms with E-state index in [4.69, 9.17) is 19.9 Å². The molecule has 0 bridgehead atoms. The van der Waals surface area contributed by atoms with Crippen molar-refractivity contribution in [1.29, 1.82) is 0 Å². The van der Waals surface area contributed by atoms with Crippen LogP contribution in [0, 0.1) is 0 Å². The van der Waals surface area contributed by atoms with Crippen molar-refractivity contribution in [3.63, 3.8) is 0 Å². The normalized spacial score (nSPS) is 9.78. The maximum absolute atomic E-state index is 11.1. The van der Waals surface area contributed by atoms with E-state index in [1.807, 2.05) is 0 Å². The largest absolute Gasteiger partial charge is 0.493 e. The molecule has 1 rings (SSSR count). The molecule has 0 radical (unpaired) electrons. The third-order valence-electron chi connectivity index (χ3n) is 2.40. The quantitative estimate of drug-likeness (QED) is 0.762. The number of methoxy groups -OCH3 is 3. The molecule has 0 aliphatic heterocycles. The van der Waals surface area contributed by atoms with Gasteiger partial charge in [0, 0.05) is 6.54 Å². The first kappa shape index (κ1) is 14.1. The van der Waals surface area contributed by atoms with E-state index >= 15 is 0 Å². The predicted octanol–water partition coefficient (Wildman–Crippen LogP) is 0.287. The Hall–Kier alpha value is -1.95. The lowest BCUT2D eigenvalue weighted by molar-refractivity contribution is -0.119. The van der Waals surface area contributed by atoms with Gasteiger partial charge in [-0.15, -0.1) is 0 Å². The molecule has 0 saturated carbocycles. The van der Waals surface area contributed by atoms with Crippen LogP contribution < -0.4 is 25.3 Å². The van der Waals surface area contributed by atoms with Crippen LogP contribution in [0.2, 0.25) is 0 Å². The van der Waals surface area contributed by atoms with Crippen molar-refractivity contribution in [2.75, 3.05) is 27.9 Å². The van der Waals surface area contributed by atoms with Gasteiger partial charge in [-0.2, -0.15) is 0 Å². The summed E-state index contributed by atoms with van der Waals surface area (Å²) in [6.07, 6.45) is 0. The summed E-state index contributed by atoms with van der Waals surface area (Å²) < 4.78 is 15.6. The second kappa shape index (κ2) is 6.70. The molecule has 0 aliphatic rings. The summed E-state index contributed by atoms with van der Waals surface area (Å²) >= 11 is 0. The van der Waals surface area contributed by atoms with Crippen LogP contribution in [0.15, 0.2) is 12.1 Å². The van der Waals surface area contributed by atoms with Gasteiger partial charge in [-0.05, 0) is 17.7 Å². The lowest BCUT2D eigenvalue weighted by atomic mass is 10.1. The molecule has 6 heteroatoms. The minimum Gasteiger partial charge on any atom is -0.493 e. The second-order valence-electron chi connectivity index (χ2n) is 3.51. The molecule has 1 aromatic rings. The molecule has 6 nitrogen and oxygen atoms in total. The van der Waals surface area contributed by atoms with Crippen LogP contribution in [0.5, 0.6) is 17.2 Å². The van der Waals surface area contributed by atoms with E-state index in [1.165, 1.54) is 7.11 Å². The molecule has 0 saturated heterocycles. The minimum atomic E-state index is -0.219. The number of carbonyl (C=O) groups is 1. The summed E-state index contributed by atoms with van der Waals surface area (Å²) in [6, 6.07) is 3.55. The average molecular weight is 254 g/mol. The van der Waals surface area contributed by atoms with Crippen molar-refractivity contribution < 1.29 is 19.0 Å². The van der Waals surface area contributed by atoms with Gasteiger partial charge in [0.05, 0.1) is 27.9 Å². The van der Waals surface area contributed by atoms with Gasteiger partial charge in [-0.3, -0.25) is 4.79 Å². The SMILES string of the molecule is COc1cc(CNC(=O)CN)cc(OC)c1OC. The van der Waals surface area contributed by atoms with Crippen molar-refractivity contribution in [3.05, 3.63) is 17.7 Å². The Kier molecular flexibility index (Phi) is 5.26. The number of nitrogens with one attached hydrogen (secondary N) is 1. The van der Waals surface area contributed by atoms with Crippen LogP contribution in [-0.2, 0) is 11.3 Å². The van der Waals surface area contributed by atoms with Gasteiger partial charge in [0.25, 0.3) is 0 Å². The summed E-state index contributed by atoms with van der Waals surface area (Å²) in [5, 5.41) is 2.67. The number of benzene rings is 1. The molecule has 0 atom stereocenters. The predicted molar refractivity (Wildman–Crippen MR) is 67.0 cm³/mol. The highest BCUT2D eigenvalue weighted by atomic mass is 16.5. The van der Waals surface area contributed by atoms with E-state index in [-0.39, 0.29) is 12.5 Å². The van der Waals surface area contributed by atoms with Crippen LogP contribution in [0.3, 0.4) is 0 Å². The summed E-state index contributed by atoms with van der Waals surface area (Å²) in [7, 11) is 4.62. The minimum absolute atomic E-state index is 0.0373. The van der Waals surface area contributed by atoms with E-state index in [2.05, 4.69) is 5.32 Å². The van der Waals surface area contributed by atoms with Gasteiger partial charge >= 0.3 is 0 Å². The zero-order valence-electron chi connectivity index (χ0n) is 10.8. The Bertz CT molecular complexity index is 396. The zero-order chi connectivity index (χ0) is 13.5. The molecule has 0 spiro atoms. The Morgan fingerprint density at radius 1 is 1.17 bits per heavy atom. The van der Waals surface area contributed by atoms with Crippen molar-refractivity contribution in [2.45, 2.75) is 6.54 Å². The van der Waals surface area contributed by atoms with E-state index in [0.29, 0.717) is 23.8 Å². The van der Waals surface area contributed by atoms with E-state index in [0.717, 1.165) is 5.56 Å². The number of hydrogen-bond acceptors (Lipinski definition) is 5. The third-order valence-corrected chi connectivity index (χ3v) is 2.40. The second-order valence-corrected chi connectivity index (χ2v) is 3.51. The Labute approximate surface area is 106 Å². The highest BCUT2D eigenvalue weighted by molar-refractivity contribution is 5.77. The fourth-order valence-corrected chi connectivity index (χ4v) is 1.51. The van der Waals surface area contributed by atoms with Gasteiger partial charge in [-0.25, -0.2) is 0 Å². The highest BCUT2D eigenvalue weighted by Gasteiger charge is 2.13.